The van der Waals surface area contributed by atoms with E-state index in [0.29, 0.717) is 39.1 Å². The van der Waals surface area contributed by atoms with Crippen LogP contribution in [0.2, 0.25) is 0 Å². The summed E-state index contributed by atoms with van der Waals surface area (Å²) in [5.74, 6) is 1.08. The third kappa shape index (κ3) is 5.67. The molecule has 3 aromatic carbocycles. The van der Waals surface area contributed by atoms with E-state index in [1.54, 1.807) is 0 Å². The quantitative estimate of drug-likeness (QED) is 0.533. The first-order valence-corrected chi connectivity index (χ1v) is 11.4. The standard InChI is InChI=1S/C27H30N2O3/c30-26(14-7-19-32-25-13-6-11-22-10-4-5-12-24(22)25)29-17-15-23(16-18-29)27(31)28-20-21-8-2-1-3-9-21/h1-6,8-13,23H,7,14-20H2,(H,28,31). The molecule has 1 heterocycles. The lowest BCUT2D eigenvalue weighted by atomic mass is 9.95. The van der Waals surface area contributed by atoms with Crippen LogP contribution in [0.15, 0.2) is 72.8 Å². The highest BCUT2D eigenvalue weighted by Crippen LogP contribution is 2.25. The number of nitrogens with one attached hydrogen (secondary N) is 1. The Balaban J connectivity index is 1.16. The molecule has 0 aromatic heterocycles. The molecule has 2 amide bonds. The van der Waals surface area contributed by atoms with Gasteiger partial charge in [-0.2, -0.15) is 0 Å². The summed E-state index contributed by atoms with van der Waals surface area (Å²) >= 11 is 0. The van der Waals surface area contributed by atoms with Crippen LogP contribution >= 0.6 is 0 Å². The summed E-state index contributed by atoms with van der Waals surface area (Å²) in [4.78, 5) is 26.9. The van der Waals surface area contributed by atoms with Crippen LogP contribution in [0.4, 0.5) is 0 Å². The summed E-state index contributed by atoms with van der Waals surface area (Å²) < 4.78 is 5.95. The molecule has 3 aromatic rings. The number of carbonyl (C=O) groups excluding carboxylic acids is 2. The van der Waals surface area contributed by atoms with E-state index < -0.39 is 0 Å². The molecule has 1 aliphatic heterocycles. The van der Waals surface area contributed by atoms with E-state index in [2.05, 4.69) is 23.5 Å². The summed E-state index contributed by atoms with van der Waals surface area (Å²) in [5, 5.41) is 5.27. The summed E-state index contributed by atoms with van der Waals surface area (Å²) in [6.07, 6.45) is 2.59. The van der Waals surface area contributed by atoms with Crippen LogP contribution in [0.25, 0.3) is 10.8 Å². The first-order chi connectivity index (χ1) is 15.7. The van der Waals surface area contributed by atoms with Crippen molar-refractivity contribution in [2.24, 2.45) is 5.92 Å². The van der Waals surface area contributed by atoms with Crippen molar-refractivity contribution in [3.8, 4) is 5.75 Å². The molecule has 0 saturated carbocycles. The number of fused-ring (bicyclic) bond motifs is 1. The molecule has 1 fully saturated rings. The molecule has 0 radical (unpaired) electrons. The minimum absolute atomic E-state index is 0.0162. The van der Waals surface area contributed by atoms with Crippen molar-refractivity contribution in [3.05, 3.63) is 78.4 Å². The number of hydrogen-bond donors (Lipinski definition) is 1. The maximum atomic E-state index is 12.6. The van der Waals surface area contributed by atoms with E-state index in [1.807, 2.05) is 59.5 Å². The molecule has 0 spiro atoms. The zero-order chi connectivity index (χ0) is 22.2. The molecular formula is C27H30N2O3. The Kier molecular flexibility index (Phi) is 7.38. The van der Waals surface area contributed by atoms with E-state index in [0.717, 1.165) is 34.9 Å². The van der Waals surface area contributed by atoms with Crippen molar-refractivity contribution in [2.75, 3.05) is 19.7 Å². The van der Waals surface area contributed by atoms with Gasteiger partial charge in [-0.15, -0.1) is 0 Å². The zero-order valence-corrected chi connectivity index (χ0v) is 18.3. The third-order valence-corrected chi connectivity index (χ3v) is 6.07. The number of likely N-dealkylation sites (tertiary alicyclic amines) is 1. The van der Waals surface area contributed by atoms with Gasteiger partial charge in [0.15, 0.2) is 0 Å². The lowest BCUT2D eigenvalue weighted by molar-refractivity contribution is -0.135. The highest BCUT2D eigenvalue weighted by Gasteiger charge is 2.26. The predicted molar refractivity (Wildman–Crippen MR) is 126 cm³/mol. The number of nitrogens with zero attached hydrogens (tertiary/aromatic N) is 1. The second-order valence-electron chi connectivity index (χ2n) is 8.29. The number of amides is 2. The number of ether oxygens (including phenoxy) is 1. The summed E-state index contributed by atoms with van der Waals surface area (Å²) in [6.45, 7) is 2.35. The van der Waals surface area contributed by atoms with Gasteiger partial charge in [-0.05, 0) is 36.3 Å². The van der Waals surface area contributed by atoms with Crippen molar-refractivity contribution in [3.63, 3.8) is 0 Å². The monoisotopic (exact) mass is 430 g/mol. The first kappa shape index (κ1) is 21.9. The highest BCUT2D eigenvalue weighted by molar-refractivity contribution is 5.88. The highest BCUT2D eigenvalue weighted by atomic mass is 16.5. The fourth-order valence-corrected chi connectivity index (χ4v) is 4.21. The van der Waals surface area contributed by atoms with Gasteiger partial charge in [0.2, 0.25) is 11.8 Å². The summed E-state index contributed by atoms with van der Waals surface area (Å²) in [7, 11) is 0. The topological polar surface area (TPSA) is 58.6 Å². The second-order valence-corrected chi connectivity index (χ2v) is 8.29. The predicted octanol–water partition coefficient (Wildman–Crippen LogP) is 4.55. The molecule has 0 atom stereocenters. The van der Waals surface area contributed by atoms with Crippen molar-refractivity contribution in [1.29, 1.82) is 0 Å². The van der Waals surface area contributed by atoms with Gasteiger partial charge in [0.1, 0.15) is 5.75 Å². The Morgan fingerprint density at radius 2 is 1.62 bits per heavy atom. The van der Waals surface area contributed by atoms with Gasteiger partial charge in [-0.25, -0.2) is 0 Å². The van der Waals surface area contributed by atoms with Gasteiger partial charge < -0.3 is 15.0 Å². The van der Waals surface area contributed by atoms with Gasteiger partial charge >= 0.3 is 0 Å². The van der Waals surface area contributed by atoms with Gasteiger partial charge in [-0.1, -0.05) is 66.7 Å². The minimum atomic E-state index is -0.0162. The van der Waals surface area contributed by atoms with Crippen molar-refractivity contribution in [1.82, 2.24) is 10.2 Å². The molecule has 166 valence electrons. The molecule has 1 N–H and O–H groups in total. The van der Waals surface area contributed by atoms with Gasteiger partial charge in [0.05, 0.1) is 6.61 Å². The number of carbonyl (C=O) groups is 2. The average Bonchev–Trinajstić information content (AvgIpc) is 2.86. The Morgan fingerprint density at radius 3 is 2.44 bits per heavy atom. The normalized spacial score (nSPS) is 14.3. The maximum Gasteiger partial charge on any atom is 0.223 e. The lowest BCUT2D eigenvalue weighted by Gasteiger charge is -2.31. The Morgan fingerprint density at radius 1 is 0.906 bits per heavy atom. The van der Waals surface area contributed by atoms with Crippen LogP contribution in [0.1, 0.15) is 31.2 Å². The van der Waals surface area contributed by atoms with Crippen LogP contribution in [0.5, 0.6) is 5.75 Å². The van der Waals surface area contributed by atoms with Gasteiger partial charge in [-0.3, -0.25) is 9.59 Å². The van der Waals surface area contributed by atoms with E-state index in [4.69, 9.17) is 4.74 Å². The smallest absolute Gasteiger partial charge is 0.223 e. The van der Waals surface area contributed by atoms with Gasteiger partial charge in [0.25, 0.3) is 0 Å². The van der Waals surface area contributed by atoms with E-state index >= 15 is 0 Å². The van der Waals surface area contributed by atoms with E-state index in [1.165, 1.54) is 0 Å². The average molecular weight is 431 g/mol. The lowest BCUT2D eigenvalue weighted by Crippen LogP contribution is -2.42. The Bertz CT molecular complexity index is 1040. The molecule has 0 bridgehead atoms. The van der Waals surface area contributed by atoms with E-state index in [-0.39, 0.29) is 17.7 Å². The van der Waals surface area contributed by atoms with Crippen LogP contribution < -0.4 is 10.1 Å². The minimum Gasteiger partial charge on any atom is -0.493 e. The largest absolute Gasteiger partial charge is 0.493 e. The van der Waals surface area contributed by atoms with Crippen LogP contribution in [-0.4, -0.2) is 36.4 Å². The second kappa shape index (κ2) is 10.8. The molecule has 0 aliphatic carbocycles. The molecule has 5 nitrogen and oxygen atoms in total. The number of hydrogen-bond acceptors (Lipinski definition) is 3. The van der Waals surface area contributed by atoms with Crippen LogP contribution in [0.3, 0.4) is 0 Å². The fourth-order valence-electron chi connectivity index (χ4n) is 4.21. The molecule has 32 heavy (non-hydrogen) atoms. The summed E-state index contributed by atoms with van der Waals surface area (Å²) in [5.41, 5.74) is 1.10. The molecule has 1 saturated heterocycles. The van der Waals surface area contributed by atoms with E-state index in [9.17, 15) is 9.59 Å². The van der Waals surface area contributed by atoms with Crippen LogP contribution in [0, 0.1) is 5.92 Å². The Hall–Kier alpha value is -3.34. The zero-order valence-electron chi connectivity index (χ0n) is 18.3. The summed E-state index contributed by atoms with van der Waals surface area (Å²) in [6, 6.07) is 24.1. The molecule has 1 aliphatic rings. The van der Waals surface area contributed by atoms with Gasteiger partial charge in [0, 0.05) is 37.4 Å². The molecule has 0 unspecified atom stereocenters. The SMILES string of the molecule is O=C(NCc1ccccc1)C1CCN(C(=O)CCCOc2cccc3ccccc23)CC1. The Labute approximate surface area is 189 Å². The number of rotatable bonds is 8. The molecule has 5 heteroatoms. The van der Waals surface area contributed by atoms with Crippen molar-refractivity contribution >= 4 is 22.6 Å². The van der Waals surface area contributed by atoms with Crippen LogP contribution in [-0.2, 0) is 16.1 Å². The molecule has 4 rings (SSSR count). The number of piperidine rings is 1. The fraction of sp³-hybridized carbons (Fsp3) is 0.333. The number of benzene rings is 3. The molecular weight excluding hydrogens is 400 g/mol. The van der Waals surface area contributed by atoms with Crippen molar-refractivity contribution in [2.45, 2.75) is 32.2 Å². The first-order valence-electron chi connectivity index (χ1n) is 11.4. The van der Waals surface area contributed by atoms with Crippen molar-refractivity contribution < 1.29 is 14.3 Å². The maximum absolute atomic E-state index is 12.6. The third-order valence-electron chi connectivity index (χ3n) is 6.07.